The molecule has 5 heteroatoms. The maximum absolute atomic E-state index is 12.1. The zero-order valence-corrected chi connectivity index (χ0v) is 15.0. The maximum Gasteiger partial charge on any atom is 0.251 e. The molecule has 0 radical (unpaired) electrons. The normalized spacial score (nSPS) is 10.6. The molecule has 0 spiro atoms. The van der Waals surface area contributed by atoms with E-state index in [1.165, 1.54) is 0 Å². The summed E-state index contributed by atoms with van der Waals surface area (Å²) in [4.78, 5) is 28.2. The number of anilines is 1. The molecule has 1 heterocycles. The molecule has 1 aromatic carbocycles. The van der Waals surface area contributed by atoms with E-state index in [0.29, 0.717) is 35.8 Å². The topological polar surface area (TPSA) is 71.1 Å². The van der Waals surface area contributed by atoms with E-state index in [9.17, 15) is 9.59 Å². The molecule has 0 atom stereocenters. The highest BCUT2D eigenvalue weighted by atomic mass is 16.2. The summed E-state index contributed by atoms with van der Waals surface area (Å²) in [6.07, 6.45) is 3.05. The van der Waals surface area contributed by atoms with Crippen LogP contribution >= 0.6 is 0 Å². The largest absolute Gasteiger partial charge is 0.352 e. The van der Waals surface area contributed by atoms with Crippen LogP contribution in [-0.4, -0.2) is 23.3 Å². The van der Waals surface area contributed by atoms with E-state index in [1.807, 2.05) is 18.2 Å². The molecular formula is C20H25N3O2. The van der Waals surface area contributed by atoms with Crippen molar-refractivity contribution in [2.75, 3.05) is 11.9 Å². The average molecular weight is 339 g/mol. The summed E-state index contributed by atoms with van der Waals surface area (Å²) in [5.74, 6) is 0.423. The van der Waals surface area contributed by atoms with E-state index >= 15 is 0 Å². The minimum atomic E-state index is -0.0762. The quantitative estimate of drug-likeness (QED) is 0.804. The summed E-state index contributed by atoms with van der Waals surface area (Å²) in [7, 11) is 0. The highest BCUT2D eigenvalue weighted by Crippen LogP contribution is 2.25. The molecule has 0 bridgehead atoms. The summed E-state index contributed by atoms with van der Waals surface area (Å²) in [5, 5.41) is 5.78. The van der Waals surface area contributed by atoms with Gasteiger partial charge in [-0.2, -0.15) is 0 Å². The Morgan fingerprint density at radius 1 is 1.12 bits per heavy atom. The van der Waals surface area contributed by atoms with Crippen LogP contribution in [0, 0.1) is 5.92 Å². The fourth-order valence-electron chi connectivity index (χ4n) is 2.33. The highest BCUT2D eigenvalue weighted by molar-refractivity contribution is 5.96. The van der Waals surface area contributed by atoms with Crippen LogP contribution in [0.25, 0.3) is 11.3 Å². The fraction of sp³-hybridized carbons (Fsp3) is 0.350. The molecule has 2 aromatic rings. The predicted molar refractivity (Wildman–Crippen MR) is 100 cm³/mol. The molecule has 2 amide bonds. The maximum atomic E-state index is 12.1. The van der Waals surface area contributed by atoms with Gasteiger partial charge in [-0.15, -0.1) is 0 Å². The lowest BCUT2D eigenvalue weighted by atomic mass is 10.1. The van der Waals surface area contributed by atoms with Crippen LogP contribution in [0.1, 0.15) is 44.0 Å². The van der Waals surface area contributed by atoms with E-state index in [2.05, 4.69) is 29.5 Å². The first-order chi connectivity index (χ1) is 12.0. The molecule has 2 N–H and O–H groups in total. The Balaban J connectivity index is 2.12. The van der Waals surface area contributed by atoms with Crippen molar-refractivity contribution in [3.63, 3.8) is 0 Å². The number of aromatic nitrogens is 1. The Morgan fingerprint density at radius 3 is 2.48 bits per heavy atom. The minimum absolute atomic E-state index is 0.0598. The lowest BCUT2D eigenvalue weighted by Gasteiger charge is -2.11. The van der Waals surface area contributed by atoms with Crippen LogP contribution < -0.4 is 10.6 Å². The number of hydrogen-bond acceptors (Lipinski definition) is 3. The van der Waals surface area contributed by atoms with Crippen LogP contribution in [0.2, 0.25) is 0 Å². The molecule has 0 saturated carbocycles. The van der Waals surface area contributed by atoms with Gasteiger partial charge in [0.15, 0.2) is 0 Å². The van der Waals surface area contributed by atoms with Gasteiger partial charge in [0.25, 0.3) is 5.91 Å². The minimum Gasteiger partial charge on any atom is -0.352 e. The second kappa shape index (κ2) is 8.97. The third-order valence-corrected chi connectivity index (χ3v) is 3.83. The smallest absolute Gasteiger partial charge is 0.251 e. The number of benzene rings is 1. The number of nitrogens with one attached hydrogen (secondary N) is 2. The zero-order valence-electron chi connectivity index (χ0n) is 15.0. The highest BCUT2D eigenvalue weighted by Gasteiger charge is 2.10. The standard InChI is InChI=1S/C20H25N3O2/c1-4-18(24)23-17-6-5-12-21-19(17)15-7-9-16(10-8-15)20(25)22-13-11-14(2)3/h5-10,12,14H,4,11,13H2,1-3H3,(H,22,25)(H,23,24). The molecular weight excluding hydrogens is 314 g/mol. The van der Waals surface area contributed by atoms with Crippen molar-refractivity contribution in [2.24, 2.45) is 5.92 Å². The van der Waals surface area contributed by atoms with Crippen LogP contribution in [0.15, 0.2) is 42.6 Å². The second-order valence-electron chi connectivity index (χ2n) is 6.32. The number of hydrogen-bond donors (Lipinski definition) is 2. The first-order valence-electron chi connectivity index (χ1n) is 8.64. The average Bonchev–Trinajstić information content (AvgIpc) is 2.62. The summed E-state index contributed by atoms with van der Waals surface area (Å²) in [5.41, 5.74) is 2.83. The molecule has 0 saturated heterocycles. The van der Waals surface area contributed by atoms with Crippen molar-refractivity contribution in [2.45, 2.75) is 33.6 Å². The Kier molecular flexibility index (Phi) is 6.69. The Bertz CT molecular complexity index is 724. The molecule has 2 rings (SSSR count). The molecule has 0 unspecified atom stereocenters. The molecule has 0 aliphatic carbocycles. The third-order valence-electron chi connectivity index (χ3n) is 3.83. The predicted octanol–water partition coefficient (Wildman–Crippen LogP) is 3.87. The van der Waals surface area contributed by atoms with Crippen LogP contribution in [0.4, 0.5) is 5.69 Å². The molecule has 1 aromatic heterocycles. The molecule has 0 aliphatic rings. The van der Waals surface area contributed by atoms with Gasteiger partial charge < -0.3 is 10.6 Å². The van der Waals surface area contributed by atoms with Gasteiger partial charge >= 0.3 is 0 Å². The number of carbonyl (C=O) groups is 2. The van der Waals surface area contributed by atoms with Gasteiger partial charge in [-0.3, -0.25) is 14.6 Å². The van der Waals surface area contributed by atoms with Crippen molar-refractivity contribution < 1.29 is 9.59 Å². The second-order valence-corrected chi connectivity index (χ2v) is 6.32. The Hall–Kier alpha value is -2.69. The van der Waals surface area contributed by atoms with Crippen molar-refractivity contribution >= 4 is 17.5 Å². The SMILES string of the molecule is CCC(=O)Nc1cccnc1-c1ccc(C(=O)NCCC(C)C)cc1. The van der Waals surface area contributed by atoms with Gasteiger partial charge in [0.1, 0.15) is 0 Å². The van der Waals surface area contributed by atoms with Crippen molar-refractivity contribution in [3.05, 3.63) is 48.2 Å². The van der Waals surface area contributed by atoms with Crippen LogP contribution in [-0.2, 0) is 4.79 Å². The zero-order chi connectivity index (χ0) is 18.2. The van der Waals surface area contributed by atoms with Crippen LogP contribution in [0.5, 0.6) is 0 Å². The number of nitrogens with zero attached hydrogens (tertiary/aromatic N) is 1. The number of pyridine rings is 1. The van der Waals surface area contributed by atoms with Gasteiger partial charge in [0, 0.05) is 30.3 Å². The first-order valence-corrected chi connectivity index (χ1v) is 8.64. The third kappa shape index (κ3) is 5.41. The van der Waals surface area contributed by atoms with Gasteiger partial charge in [0.05, 0.1) is 11.4 Å². The lowest BCUT2D eigenvalue weighted by Crippen LogP contribution is -2.25. The lowest BCUT2D eigenvalue weighted by molar-refractivity contribution is -0.115. The first kappa shape index (κ1) is 18.6. The van der Waals surface area contributed by atoms with Crippen molar-refractivity contribution in [1.82, 2.24) is 10.3 Å². The van der Waals surface area contributed by atoms with Crippen LogP contribution in [0.3, 0.4) is 0 Å². The van der Waals surface area contributed by atoms with Gasteiger partial charge in [-0.05, 0) is 36.6 Å². The number of rotatable bonds is 7. The van der Waals surface area contributed by atoms with Gasteiger partial charge in [-0.25, -0.2) is 0 Å². The summed E-state index contributed by atoms with van der Waals surface area (Å²) >= 11 is 0. The Labute approximate surface area is 148 Å². The summed E-state index contributed by atoms with van der Waals surface area (Å²) in [6.45, 7) is 6.73. The number of carbonyl (C=O) groups excluding carboxylic acids is 2. The van der Waals surface area contributed by atoms with Crippen molar-refractivity contribution in [3.8, 4) is 11.3 Å². The Morgan fingerprint density at radius 2 is 1.84 bits per heavy atom. The molecule has 25 heavy (non-hydrogen) atoms. The number of amides is 2. The van der Waals surface area contributed by atoms with E-state index < -0.39 is 0 Å². The van der Waals surface area contributed by atoms with Crippen molar-refractivity contribution in [1.29, 1.82) is 0 Å². The molecule has 132 valence electrons. The van der Waals surface area contributed by atoms with Gasteiger partial charge in [-0.1, -0.05) is 32.9 Å². The van der Waals surface area contributed by atoms with E-state index in [0.717, 1.165) is 12.0 Å². The summed E-state index contributed by atoms with van der Waals surface area (Å²) in [6, 6.07) is 10.9. The van der Waals surface area contributed by atoms with E-state index in [-0.39, 0.29) is 11.8 Å². The molecule has 0 fully saturated rings. The molecule has 5 nitrogen and oxygen atoms in total. The summed E-state index contributed by atoms with van der Waals surface area (Å²) < 4.78 is 0. The monoisotopic (exact) mass is 339 g/mol. The fourth-order valence-corrected chi connectivity index (χ4v) is 2.33. The van der Waals surface area contributed by atoms with E-state index in [1.54, 1.807) is 31.3 Å². The molecule has 0 aliphatic heterocycles. The van der Waals surface area contributed by atoms with E-state index in [4.69, 9.17) is 0 Å². The van der Waals surface area contributed by atoms with Gasteiger partial charge in [0.2, 0.25) is 5.91 Å².